The summed E-state index contributed by atoms with van der Waals surface area (Å²) in [5.74, 6) is -0.123. The van der Waals surface area contributed by atoms with Crippen molar-refractivity contribution in [2.75, 3.05) is 12.0 Å². The molecule has 0 aliphatic carbocycles. The molecule has 38 heavy (non-hydrogen) atoms. The minimum atomic E-state index is -0.789. The lowest BCUT2D eigenvalue weighted by atomic mass is 9.92. The van der Waals surface area contributed by atoms with Gasteiger partial charge in [0.25, 0.3) is 11.7 Å². The van der Waals surface area contributed by atoms with Crippen molar-refractivity contribution in [2.24, 2.45) is 0 Å². The fourth-order valence-electron chi connectivity index (χ4n) is 4.80. The van der Waals surface area contributed by atoms with Crippen molar-refractivity contribution in [3.63, 3.8) is 0 Å². The van der Waals surface area contributed by atoms with Crippen LogP contribution in [0.3, 0.4) is 0 Å². The molecular formula is C32H35NO5. The van der Waals surface area contributed by atoms with E-state index >= 15 is 0 Å². The molecule has 1 amide bonds. The van der Waals surface area contributed by atoms with Gasteiger partial charge in [-0.1, -0.05) is 45.0 Å². The van der Waals surface area contributed by atoms with E-state index in [1.807, 2.05) is 58.0 Å². The highest BCUT2D eigenvalue weighted by atomic mass is 16.5. The second-order valence-corrected chi connectivity index (χ2v) is 10.0. The van der Waals surface area contributed by atoms with E-state index < -0.39 is 17.7 Å². The number of anilines is 1. The summed E-state index contributed by atoms with van der Waals surface area (Å²) >= 11 is 0. The number of aryl methyl sites for hydroxylation is 1. The molecule has 1 saturated heterocycles. The highest BCUT2D eigenvalue weighted by molar-refractivity contribution is 6.51. The Kier molecular flexibility index (Phi) is 7.91. The van der Waals surface area contributed by atoms with Crippen molar-refractivity contribution < 1.29 is 24.2 Å². The van der Waals surface area contributed by atoms with Crippen LogP contribution < -0.4 is 14.4 Å². The molecule has 1 heterocycles. The fraction of sp³-hybridized carbons (Fsp3) is 0.312. The minimum Gasteiger partial charge on any atom is -0.507 e. The lowest BCUT2D eigenvalue weighted by Crippen LogP contribution is -2.29. The Balaban J connectivity index is 1.88. The Bertz CT molecular complexity index is 1350. The first kappa shape index (κ1) is 27.0. The van der Waals surface area contributed by atoms with Gasteiger partial charge in [-0.15, -0.1) is 0 Å². The van der Waals surface area contributed by atoms with E-state index in [0.717, 1.165) is 23.1 Å². The van der Waals surface area contributed by atoms with Gasteiger partial charge >= 0.3 is 0 Å². The molecule has 1 N–H and O–H groups in total. The zero-order valence-electron chi connectivity index (χ0n) is 22.8. The normalized spacial score (nSPS) is 16.9. The van der Waals surface area contributed by atoms with Crippen molar-refractivity contribution in [1.82, 2.24) is 0 Å². The molecule has 1 unspecified atom stereocenters. The molecule has 0 radical (unpaired) electrons. The van der Waals surface area contributed by atoms with Crippen LogP contribution in [0.5, 0.6) is 11.5 Å². The van der Waals surface area contributed by atoms with E-state index in [4.69, 9.17) is 9.47 Å². The second kappa shape index (κ2) is 11.1. The van der Waals surface area contributed by atoms with Gasteiger partial charge in [-0.25, -0.2) is 0 Å². The number of aliphatic hydroxyl groups is 1. The van der Waals surface area contributed by atoms with Crippen molar-refractivity contribution >= 4 is 23.1 Å². The van der Waals surface area contributed by atoms with Crippen molar-refractivity contribution in [3.8, 4) is 11.5 Å². The third-order valence-corrected chi connectivity index (χ3v) is 6.76. The van der Waals surface area contributed by atoms with E-state index in [2.05, 4.69) is 6.92 Å². The maximum Gasteiger partial charge on any atom is 0.300 e. The summed E-state index contributed by atoms with van der Waals surface area (Å²) < 4.78 is 11.2. The lowest BCUT2D eigenvalue weighted by Gasteiger charge is -2.26. The molecule has 1 atom stereocenters. The molecule has 1 aliphatic heterocycles. The van der Waals surface area contributed by atoms with E-state index in [9.17, 15) is 14.7 Å². The number of hydrogen-bond acceptors (Lipinski definition) is 5. The monoisotopic (exact) mass is 513 g/mol. The minimum absolute atomic E-state index is 0.00684. The Labute approximate surface area is 224 Å². The molecule has 6 nitrogen and oxygen atoms in total. The number of benzene rings is 3. The molecule has 0 saturated carbocycles. The van der Waals surface area contributed by atoms with Gasteiger partial charge in [0.1, 0.15) is 17.3 Å². The number of Topliss-reactive ketones (excluding diaryl/α,β-unsaturated/α-hetero) is 1. The fourth-order valence-corrected chi connectivity index (χ4v) is 4.80. The molecule has 1 aliphatic rings. The zero-order valence-corrected chi connectivity index (χ0v) is 22.8. The van der Waals surface area contributed by atoms with Crippen LogP contribution in [0.15, 0.2) is 72.3 Å². The topological polar surface area (TPSA) is 76.1 Å². The van der Waals surface area contributed by atoms with E-state index in [1.165, 1.54) is 4.90 Å². The highest BCUT2D eigenvalue weighted by Gasteiger charge is 2.47. The van der Waals surface area contributed by atoms with E-state index in [0.29, 0.717) is 22.7 Å². The zero-order chi connectivity index (χ0) is 27.6. The van der Waals surface area contributed by atoms with Crippen LogP contribution in [0.4, 0.5) is 5.69 Å². The van der Waals surface area contributed by atoms with Gasteiger partial charge in [0.05, 0.1) is 24.8 Å². The molecule has 1 fully saturated rings. The highest BCUT2D eigenvalue weighted by Crippen LogP contribution is 2.43. The summed E-state index contributed by atoms with van der Waals surface area (Å²) in [4.78, 5) is 28.4. The van der Waals surface area contributed by atoms with Crippen molar-refractivity contribution in [2.45, 2.75) is 59.1 Å². The number of carbonyl (C=O) groups excluding carboxylic acids is 2. The van der Waals surface area contributed by atoms with Gasteiger partial charge in [-0.2, -0.15) is 0 Å². The number of aliphatic hydroxyl groups excluding tert-OH is 1. The van der Waals surface area contributed by atoms with Gasteiger partial charge in [0.2, 0.25) is 0 Å². The van der Waals surface area contributed by atoms with Crippen LogP contribution in [0.1, 0.15) is 68.8 Å². The standard InChI is InChI=1S/C32H35NO5/c1-7-21-8-10-22(11-9-21)29-28(30(34)23-12-17-27(37-6)26(18-23)19(2)3)31(35)32(36)33(29)24-13-15-25(16-14-24)38-20(4)5/h8-20,29,34H,7H2,1-6H3/b30-28-. The average Bonchev–Trinajstić information content (AvgIpc) is 3.18. The maximum absolute atomic E-state index is 13.5. The first-order valence-corrected chi connectivity index (χ1v) is 13.0. The summed E-state index contributed by atoms with van der Waals surface area (Å²) in [7, 11) is 1.60. The second-order valence-electron chi connectivity index (χ2n) is 10.0. The summed E-state index contributed by atoms with van der Waals surface area (Å²) in [6.07, 6.45) is 0.870. The number of ketones is 1. The van der Waals surface area contributed by atoms with Gasteiger partial charge in [0, 0.05) is 11.3 Å². The average molecular weight is 514 g/mol. The Morgan fingerprint density at radius 2 is 1.61 bits per heavy atom. The van der Waals surface area contributed by atoms with Gasteiger partial charge in [-0.05, 0) is 85.3 Å². The first-order valence-electron chi connectivity index (χ1n) is 13.0. The summed E-state index contributed by atoms with van der Waals surface area (Å²) in [6, 6.07) is 19.4. The molecule has 0 aromatic heterocycles. The summed E-state index contributed by atoms with van der Waals surface area (Å²) in [6.45, 7) is 10.0. The van der Waals surface area contributed by atoms with E-state index in [-0.39, 0.29) is 23.4 Å². The lowest BCUT2D eigenvalue weighted by molar-refractivity contribution is -0.132. The maximum atomic E-state index is 13.5. The number of carbonyl (C=O) groups is 2. The quantitative estimate of drug-likeness (QED) is 0.204. The predicted molar refractivity (Wildman–Crippen MR) is 150 cm³/mol. The molecule has 6 heteroatoms. The molecule has 3 aromatic carbocycles. The van der Waals surface area contributed by atoms with Crippen LogP contribution in [0, 0.1) is 0 Å². The Morgan fingerprint density at radius 3 is 2.16 bits per heavy atom. The molecule has 0 spiro atoms. The Morgan fingerprint density at radius 1 is 0.947 bits per heavy atom. The number of nitrogens with zero attached hydrogens (tertiary/aromatic N) is 1. The third kappa shape index (κ3) is 5.17. The van der Waals surface area contributed by atoms with Gasteiger partial charge in [0.15, 0.2) is 0 Å². The molecular weight excluding hydrogens is 478 g/mol. The van der Waals surface area contributed by atoms with Crippen LogP contribution in [-0.2, 0) is 16.0 Å². The molecule has 3 aromatic rings. The number of amides is 1. The largest absolute Gasteiger partial charge is 0.507 e. The smallest absolute Gasteiger partial charge is 0.300 e. The van der Waals surface area contributed by atoms with Crippen LogP contribution in [-0.4, -0.2) is 30.0 Å². The van der Waals surface area contributed by atoms with Crippen LogP contribution in [0.2, 0.25) is 0 Å². The molecule has 198 valence electrons. The number of rotatable bonds is 8. The number of hydrogen-bond donors (Lipinski definition) is 1. The molecule has 4 rings (SSSR count). The summed E-state index contributed by atoms with van der Waals surface area (Å²) in [5, 5.41) is 11.5. The third-order valence-electron chi connectivity index (χ3n) is 6.76. The van der Waals surface area contributed by atoms with E-state index in [1.54, 1.807) is 43.5 Å². The first-order chi connectivity index (χ1) is 18.2. The van der Waals surface area contributed by atoms with Crippen LogP contribution in [0.25, 0.3) is 5.76 Å². The Hall–Kier alpha value is -4.06. The van der Waals surface area contributed by atoms with Crippen molar-refractivity contribution in [3.05, 3.63) is 94.6 Å². The molecule has 0 bridgehead atoms. The van der Waals surface area contributed by atoms with Gasteiger partial charge in [-0.3, -0.25) is 14.5 Å². The van der Waals surface area contributed by atoms with Gasteiger partial charge < -0.3 is 14.6 Å². The predicted octanol–water partition coefficient (Wildman–Crippen LogP) is 6.79. The SMILES string of the molecule is CCc1ccc(C2/C(=C(/O)c3ccc(OC)c(C(C)C)c3)C(=O)C(=O)N2c2ccc(OC(C)C)cc2)cc1. The number of methoxy groups -OCH3 is 1. The van der Waals surface area contributed by atoms with Crippen LogP contribution >= 0.6 is 0 Å². The summed E-state index contributed by atoms with van der Waals surface area (Å²) in [5.41, 5.74) is 3.84. The van der Waals surface area contributed by atoms with Crippen molar-refractivity contribution in [1.29, 1.82) is 0 Å². The number of ether oxygens (including phenoxy) is 2.